The van der Waals surface area contributed by atoms with Crippen molar-refractivity contribution in [1.29, 1.82) is 0 Å². The van der Waals surface area contributed by atoms with Gasteiger partial charge in [-0.3, -0.25) is 9.78 Å². The van der Waals surface area contributed by atoms with Gasteiger partial charge in [0.05, 0.1) is 0 Å². The van der Waals surface area contributed by atoms with Crippen molar-refractivity contribution < 1.29 is 22.4 Å². The summed E-state index contributed by atoms with van der Waals surface area (Å²) in [5.74, 6) is -3.50. The van der Waals surface area contributed by atoms with E-state index in [2.05, 4.69) is 11.9 Å². The number of benzene rings is 1. The first-order valence-corrected chi connectivity index (χ1v) is 8.40. The highest BCUT2D eigenvalue weighted by Gasteiger charge is 2.30. The van der Waals surface area contributed by atoms with E-state index in [0.717, 1.165) is 25.8 Å². The van der Waals surface area contributed by atoms with Crippen molar-refractivity contribution in [3.63, 3.8) is 0 Å². The molecule has 140 valence electrons. The molecule has 2 nitrogen and oxygen atoms in total. The second kappa shape index (κ2) is 7.98. The lowest BCUT2D eigenvalue weighted by atomic mass is 9.71. The number of ketones is 1. The van der Waals surface area contributed by atoms with Crippen molar-refractivity contribution in [3.05, 3.63) is 65.0 Å². The number of carbonyl (C=O) groups is 1. The summed E-state index contributed by atoms with van der Waals surface area (Å²) in [6.07, 6.45) is 3.51. The Bertz CT molecular complexity index is 786. The molecule has 1 aromatic heterocycles. The number of halogens is 4. The number of aromatic nitrogens is 1. The second-order valence-corrected chi connectivity index (χ2v) is 6.67. The van der Waals surface area contributed by atoms with Crippen LogP contribution in [-0.4, -0.2) is 10.8 Å². The number of hydrogen-bond acceptors (Lipinski definition) is 2. The topological polar surface area (TPSA) is 30.0 Å². The Kier molecular flexibility index (Phi) is 6.16. The molecular weight excluding hydrogens is 346 g/mol. The smallest absolute Gasteiger partial charge is 0.272 e. The average Bonchev–Trinajstić information content (AvgIpc) is 2.55. The molecule has 3 rings (SSSR count). The summed E-state index contributed by atoms with van der Waals surface area (Å²) in [6, 6.07) is 6.48. The standard InChI is InChI=1S/C11H12F2.C9H9F2NO/c1-7-2-4-9(7)10-5-3-8(12)6-11(10)13;1-6(13)8-7(9(2,10)11)4-3-5-12-8/h3,5-7,9H,2,4H2,1H3;3-5H,1-2H3/t7-,9+;/m1./s1. The third-order valence-electron chi connectivity index (χ3n) is 4.60. The quantitative estimate of drug-likeness (QED) is 0.501. The van der Waals surface area contributed by atoms with E-state index in [9.17, 15) is 22.4 Å². The summed E-state index contributed by atoms with van der Waals surface area (Å²) < 4.78 is 51.6. The highest BCUT2D eigenvalue weighted by Crippen LogP contribution is 2.42. The molecule has 0 radical (unpaired) electrons. The molecule has 6 heteroatoms. The first kappa shape index (κ1) is 20.1. The number of hydrogen-bond donors (Lipinski definition) is 0. The van der Waals surface area contributed by atoms with Gasteiger partial charge < -0.3 is 0 Å². The molecule has 1 aliphatic carbocycles. The Morgan fingerprint density at radius 3 is 2.31 bits per heavy atom. The largest absolute Gasteiger partial charge is 0.293 e. The summed E-state index contributed by atoms with van der Waals surface area (Å²) >= 11 is 0. The molecule has 2 aromatic rings. The summed E-state index contributed by atoms with van der Waals surface area (Å²) in [5.41, 5.74) is 0.206. The zero-order valence-electron chi connectivity index (χ0n) is 14.9. The van der Waals surface area contributed by atoms with Crippen LogP contribution in [0.5, 0.6) is 0 Å². The van der Waals surface area contributed by atoms with Gasteiger partial charge >= 0.3 is 0 Å². The van der Waals surface area contributed by atoms with Crippen LogP contribution in [0.15, 0.2) is 36.5 Å². The first-order chi connectivity index (χ1) is 12.1. The fraction of sp³-hybridized carbons (Fsp3) is 0.400. The summed E-state index contributed by atoms with van der Waals surface area (Å²) in [6.45, 7) is 4.07. The van der Waals surface area contributed by atoms with Crippen molar-refractivity contribution in [2.24, 2.45) is 5.92 Å². The molecule has 0 bridgehead atoms. The van der Waals surface area contributed by atoms with Crippen LogP contribution in [0.4, 0.5) is 17.6 Å². The molecule has 0 saturated heterocycles. The van der Waals surface area contributed by atoms with Gasteiger partial charge in [-0.05, 0) is 48.4 Å². The number of nitrogens with zero attached hydrogens (tertiary/aromatic N) is 1. The van der Waals surface area contributed by atoms with Crippen molar-refractivity contribution in [3.8, 4) is 0 Å². The number of carbonyl (C=O) groups excluding carboxylic acids is 1. The number of Topliss-reactive ketones (excluding diaryl/α,β-unsaturated/α-hetero) is 1. The number of alkyl halides is 2. The minimum absolute atomic E-state index is 0.157. The maximum Gasteiger partial charge on any atom is 0.272 e. The molecule has 0 aliphatic heterocycles. The summed E-state index contributed by atoms with van der Waals surface area (Å²) in [7, 11) is 0. The van der Waals surface area contributed by atoms with Crippen LogP contribution in [0.25, 0.3) is 0 Å². The first-order valence-electron chi connectivity index (χ1n) is 8.40. The van der Waals surface area contributed by atoms with Crippen LogP contribution in [0.3, 0.4) is 0 Å². The molecule has 1 aliphatic rings. The van der Waals surface area contributed by atoms with Crippen LogP contribution < -0.4 is 0 Å². The van der Waals surface area contributed by atoms with Crippen molar-refractivity contribution in [2.45, 2.75) is 45.5 Å². The minimum Gasteiger partial charge on any atom is -0.293 e. The second-order valence-electron chi connectivity index (χ2n) is 6.67. The van der Waals surface area contributed by atoms with E-state index in [1.165, 1.54) is 31.3 Å². The fourth-order valence-electron chi connectivity index (χ4n) is 2.97. The highest BCUT2D eigenvalue weighted by atomic mass is 19.3. The van der Waals surface area contributed by atoms with Crippen LogP contribution in [0.1, 0.15) is 61.1 Å². The molecule has 2 atom stereocenters. The molecule has 0 unspecified atom stereocenters. The molecule has 26 heavy (non-hydrogen) atoms. The molecule has 1 saturated carbocycles. The fourth-order valence-corrected chi connectivity index (χ4v) is 2.97. The van der Waals surface area contributed by atoms with Crippen molar-refractivity contribution in [2.75, 3.05) is 0 Å². The lowest BCUT2D eigenvalue weighted by molar-refractivity contribution is 0.0160. The van der Waals surface area contributed by atoms with Gasteiger partial charge in [0.15, 0.2) is 5.78 Å². The van der Waals surface area contributed by atoms with Crippen LogP contribution in [0.2, 0.25) is 0 Å². The van der Waals surface area contributed by atoms with Gasteiger partial charge in [-0.25, -0.2) is 17.6 Å². The zero-order valence-corrected chi connectivity index (χ0v) is 14.9. The van der Waals surface area contributed by atoms with Gasteiger partial charge in [-0.2, -0.15) is 0 Å². The van der Waals surface area contributed by atoms with Gasteiger partial charge in [0.1, 0.15) is 17.3 Å². The number of rotatable bonds is 3. The molecule has 1 aromatic carbocycles. The van der Waals surface area contributed by atoms with E-state index < -0.39 is 23.3 Å². The van der Waals surface area contributed by atoms with Gasteiger partial charge in [0.2, 0.25) is 0 Å². The van der Waals surface area contributed by atoms with E-state index in [0.29, 0.717) is 17.4 Å². The monoisotopic (exact) mass is 367 g/mol. The van der Waals surface area contributed by atoms with Gasteiger partial charge in [0, 0.05) is 31.7 Å². The third kappa shape index (κ3) is 4.68. The van der Waals surface area contributed by atoms with E-state index >= 15 is 0 Å². The molecule has 0 N–H and O–H groups in total. The Hall–Kier alpha value is -2.24. The Morgan fingerprint density at radius 1 is 1.19 bits per heavy atom. The lowest BCUT2D eigenvalue weighted by Crippen LogP contribution is -2.21. The summed E-state index contributed by atoms with van der Waals surface area (Å²) in [4.78, 5) is 14.5. The molecule has 1 heterocycles. The Labute approximate surface area is 150 Å². The lowest BCUT2D eigenvalue weighted by Gasteiger charge is -2.34. The number of pyridine rings is 1. The van der Waals surface area contributed by atoms with E-state index in [1.54, 1.807) is 6.07 Å². The Morgan fingerprint density at radius 2 is 1.88 bits per heavy atom. The zero-order chi connectivity index (χ0) is 19.5. The molecular formula is C20H21F4NO. The molecule has 0 spiro atoms. The molecule has 0 amide bonds. The van der Waals surface area contributed by atoms with Crippen LogP contribution in [-0.2, 0) is 5.92 Å². The van der Waals surface area contributed by atoms with Crippen LogP contribution in [0, 0.1) is 17.6 Å². The Balaban J connectivity index is 0.000000187. The average molecular weight is 367 g/mol. The maximum atomic E-state index is 13.3. The summed E-state index contributed by atoms with van der Waals surface area (Å²) in [5, 5.41) is 0. The SMILES string of the molecule is CC(=O)c1ncccc1C(C)(F)F.C[C@@H]1CC[C@@H]1c1ccc(F)cc1F. The minimum atomic E-state index is -3.02. The van der Waals surface area contributed by atoms with Gasteiger partial charge in [-0.15, -0.1) is 0 Å². The van der Waals surface area contributed by atoms with Gasteiger partial charge in [0.25, 0.3) is 5.92 Å². The predicted molar refractivity (Wildman–Crippen MR) is 91.3 cm³/mol. The van der Waals surface area contributed by atoms with Crippen molar-refractivity contribution >= 4 is 5.78 Å². The van der Waals surface area contributed by atoms with Crippen LogP contribution >= 0.6 is 0 Å². The van der Waals surface area contributed by atoms with E-state index in [-0.39, 0.29) is 11.3 Å². The van der Waals surface area contributed by atoms with E-state index in [1.807, 2.05) is 0 Å². The highest BCUT2D eigenvalue weighted by molar-refractivity contribution is 5.93. The van der Waals surface area contributed by atoms with Crippen molar-refractivity contribution in [1.82, 2.24) is 4.98 Å². The van der Waals surface area contributed by atoms with Gasteiger partial charge in [-0.1, -0.05) is 13.0 Å². The third-order valence-corrected chi connectivity index (χ3v) is 4.60. The van der Waals surface area contributed by atoms with E-state index in [4.69, 9.17) is 0 Å². The maximum absolute atomic E-state index is 13.3. The predicted octanol–water partition coefficient (Wildman–Crippen LogP) is 5.87. The normalized spacial score (nSPS) is 19.2. The molecule has 1 fully saturated rings.